The number of anilines is 3. The molecule has 47 heavy (non-hydrogen) atoms. The van der Waals surface area contributed by atoms with E-state index in [0.29, 0.717) is 22.6 Å². The van der Waals surface area contributed by atoms with Crippen LogP contribution in [-0.2, 0) is 6.54 Å². The lowest BCUT2D eigenvalue weighted by Gasteiger charge is -2.33. The number of thiophene rings is 1. The largest absolute Gasteiger partial charge is 0.384 e. The molecule has 2 fully saturated rings. The minimum absolute atomic E-state index is 0.224. The van der Waals surface area contributed by atoms with Crippen LogP contribution in [0.15, 0.2) is 71.9 Å². The normalized spacial score (nSPS) is 16.1. The standard InChI is InChI=1S/C24H24N6OS.C11H18N4/c1-16-14-32-15-20(16)18-4-5-19(23-22(18)25-7-8-26-23)24(31)28-17-3-6-21(27-13-17)30-11-9-29(2)10-12-30;1-14-4-6-15(7-5-14)9-10-2-3-11(12)13-8-10/h3-8,13-15H,9-12H2,1-2H3,(H,28,31);2-3,8H,4-7,9H2,1H3,(H2,12,13). The smallest absolute Gasteiger partial charge is 0.257 e. The lowest BCUT2D eigenvalue weighted by molar-refractivity contribution is 0.102. The number of rotatable bonds is 6. The third-order valence-corrected chi connectivity index (χ3v) is 9.56. The Morgan fingerprint density at radius 3 is 2.15 bits per heavy atom. The number of fused-ring (bicyclic) bond motifs is 1. The molecule has 7 rings (SSSR count). The van der Waals surface area contributed by atoms with Crippen molar-refractivity contribution < 1.29 is 4.79 Å². The number of carbonyl (C=O) groups excluding carboxylic acids is 1. The lowest BCUT2D eigenvalue weighted by atomic mass is 10.0. The SMILES string of the molecule is CN1CCN(Cc2ccc(N)nc2)CC1.Cc1cscc1-c1ccc(C(=O)Nc2ccc(N3CCN(C)CC3)nc2)c2nccnc12. The van der Waals surface area contributed by atoms with Gasteiger partial charge < -0.3 is 25.8 Å². The van der Waals surface area contributed by atoms with E-state index in [-0.39, 0.29) is 5.91 Å². The van der Waals surface area contributed by atoms with Crippen LogP contribution in [0.3, 0.4) is 0 Å². The lowest BCUT2D eigenvalue weighted by Crippen LogP contribution is -2.44. The third kappa shape index (κ3) is 8.09. The summed E-state index contributed by atoms with van der Waals surface area (Å²) in [5, 5.41) is 7.17. The summed E-state index contributed by atoms with van der Waals surface area (Å²) < 4.78 is 0. The second kappa shape index (κ2) is 14.9. The minimum Gasteiger partial charge on any atom is -0.384 e. The van der Waals surface area contributed by atoms with E-state index in [9.17, 15) is 4.79 Å². The third-order valence-electron chi connectivity index (χ3n) is 8.70. The van der Waals surface area contributed by atoms with Crippen LogP contribution in [0.2, 0.25) is 0 Å². The number of piperazine rings is 2. The first-order valence-electron chi connectivity index (χ1n) is 15.9. The van der Waals surface area contributed by atoms with Gasteiger partial charge in [0.25, 0.3) is 5.91 Å². The quantitative estimate of drug-likeness (QED) is 0.272. The molecule has 1 aromatic carbocycles. The Bertz CT molecular complexity index is 1780. The Kier molecular flexibility index (Phi) is 10.3. The summed E-state index contributed by atoms with van der Waals surface area (Å²) in [6, 6.07) is 11.6. The van der Waals surface area contributed by atoms with Crippen LogP contribution in [0.25, 0.3) is 22.2 Å². The van der Waals surface area contributed by atoms with Crippen molar-refractivity contribution in [1.29, 1.82) is 0 Å². The van der Waals surface area contributed by atoms with E-state index in [1.807, 2.05) is 36.5 Å². The maximum absolute atomic E-state index is 13.1. The Morgan fingerprint density at radius 1 is 0.787 bits per heavy atom. The number of nitrogens with one attached hydrogen (secondary N) is 1. The molecular weight excluding hydrogens is 609 g/mol. The number of nitrogens with zero attached hydrogens (tertiary/aromatic N) is 8. The van der Waals surface area contributed by atoms with Crippen molar-refractivity contribution in [1.82, 2.24) is 34.6 Å². The number of likely N-dealkylation sites (N-methyl/N-ethyl adjacent to an activating group) is 2. The molecule has 0 bridgehead atoms. The number of nitrogen functional groups attached to an aromatic ring is 1. The molecule has 0 spiro atoms. The number of hydrogen-bond acceptors (Lipinski definition) is 11. The molecule has 6 heterocycles. The first-order valence-corrected chi connectivity index (χ1v) is 16.9. The Morgan fingerprint density at radius 2 is 1.51 bits per heavy atom. The van der Waals surface area contributed by atoms with E-state index in [1.54, 1.807) is 29.9 Å². The van der Waals surface area contributed by atoms with E-state index in [2.05, 4.69) is 82.7 Å². The van der Waals surface area contributed by atoms with Crippen LogP contribution < -0.4 is 16.0 Å². The molecule has 2 aliphatic heterocycles. The van der Waals surface area contributed by atoms with Gasteiger partial charge in [0.05, 0.1) is 23.0 Å². The van der Waals surface area contributed by atoms with E-state index in [4.69, 9.17) is 5.73 Å². The van der Waals surface area contributed by atoms with Gasteiger partial charge in [0.2, 0.25) is 0 Å². The van der Waals surface area contributed by atoms with E-state index in [1.165, 1.54) is 11.1 Å². The maximum Gasteiger partial charge on any atom is 0.257 e. The summed E-state index contributed by atoms with van der Waals surface area (Å²) in [7, 11) is 4.30. The van der Waals surface area contributed by atoms with Crippen LogP contribution in [0.5, 0.6) is 0 Å². The molecule has 1 amide bonds. The van der Waals surface area contributed by atoms with Crippen molar-refractivity contribution in [3.8, 4) is 11.1 Å². The summed E-state index contributed by atoms with van der Waals surface area (Å²) in [5.74, 6) is 1.30. The highest BCUT2D eigenvalue weighted by molar-refractivity contribution is 7.08. The second-order valence-corrected chi connectivity index (χ2v) is 12.9. The maximum atomic E-state index is 13.1. The first kappa shape index (κ1) is 32.5. The second-order valence-electron chi connectivity index (χ2n) is 12.2. The predicted molar refractivity (Wildman–Crippen MR) is 191 cm³/mol. The molecule has 244 valence electrons. The van der Waals surface area contributed by atoms with Crippen molar-refractivity contribution in [3.05, 3.63) is 88.6 Å². The van der Waals surface area contributed by atoms with Gasteiger partial charge >= 0.3 is 0 Å². The number of amides is 1. The molecular formula is C35H42N10OS. The summed E-state index contributed by atoms with van der Waals surface area (Å²) >= 11 is 1.65. The molecule has 0 radical (unpaired) electrons. The van der Waals surface area contributed by atoms with Crippen LogP contribution in [0, 0.1) is 6.92 Å². The van der Waals surface area contributed by atoms with Gasteiger partial charge in [0.15, 0.2) is 0 Å². The average molecular weight is 651 g/mol. The number of carbonyl (C=O) groups is 1. The van der Waals surface area contributed by atoms with Gasteiger partial charge in [0, 0.05) is 83.1 Å². The highest BCUT2D eigenvalue weighted by Crippen LogP contribution is 2.33. The Labute approximate surface area is 280 Å². The topological polar surface area (TPSA) is 120 Å². The van der Waals surface area contributed by atoms with Crippen LogP contribution in [0.4, 0.5) is 17.3 Å². The van der Waals surface area contributed by atoms with Crippen molar-refractivity contribution in [2.45, 2.75) is 13.5 Å². The fourth-order valence-electron chi connectivity index (χ4n) is 5.77. The molecule has 0 saturated carbocycles. The summed E-state index contributed by atoms with van der Waals surface area (Å²) in [6.07, 6.45) is 6.86. The van der Waals surface area contributed by atoms with E-state index >= 15 is 0 Å². The molecule has 0 atom stereocenters. The predicted octanol–water partition coefficient (Wildman–Crippen LogP) is 4.48. The van der Waals surface area contributed by atoms with Gasteiger partial charge in [-0.2, -0.15) is 11.3 Å². The highest BCUT2D eigenvalue weighted by atomic mass is 32.1. The first-order chi connectivity index (χ1) is 22.8. The number of hydrogen-bond donors (Lipinski definition) is 2. The van der Waals surface area contributed by atoms with E-state index < -0.39 is 0 Å². The van der Waals surface area contributed by atoms with Gasteiger partial charge in [-0.3, -0.25) is 19.7 Å². The Balaban J connectivity index is 0.000000215. The highest BCUT2D eigenvalue weighted by Gasteiger charge is 2.19. The van der Waals surface area contributed by atoms with E-state index in [0.717, 1.165) is 81.4 Å². The number of aromatic nitrogens is 4. The van der Waals surface area contributed by atoms with Gasteiger partial charge in [0.1, 0.15) is 17.2 Å². The number of nitrogens with two attached hydrogens (primary N) is 1. The monoisotopic (exact) mass is 650 g/mol. The summed E-state index contributed by atoms with van der Waals surface area (Å²) in [4.78, 5) is 40.2. The van der Waals surface area contributed by atoms with Crippen molar-refractivity contribution in [2.75, 3.05) is 82.4 Å². The van der Waals surface area contributed by atoms with Crippen molar-refractivity contribution in [2.24, 2.45) is 0 Å². The van der Waals surface area contributed by atoms with Gasteiger partial charge in [-0.25, -0.2) is 9.97 Å². The zero-order chi connectivity index (χ0) is 32.8. The average Bonchev–Trinajstić information content (AvgIpc) is 3.52. The van der Waals surface area contributed by atoms with Crippen molar-refractivity contribution >= 4 is 45.6 Å². The summed E-state index contributed by atoms with van der Waals surface area (Å²) in [5.41, 5.74) is 12.6. The molecule has 0 aliphatic carbocycles. The Hall–Kier alpha value is -4.49. The van der Waals surface area contributed by atoms with Gasteiger partial charge in [-0.15, -0.1) is 0 Å². The molecule has 12 heteroatoms. The fourth-order valence-corrected chi connectivity index (χ4v) is 6.62. The molecule has 11 nitrogen and oxygen atoms in total. The van der Waals surface area contributed by atoms with Crippen LogP contribution >= 0.6 is 11.3 Å². The molecule has 3 N–H and O–H groups in total. The molecule has 5 aromatic rings. The van der Waals surface area contributed by atoms with Crippen LogP contribution in [0.1, 0.15) is 21.5 Å². The fraction of sp³-hybridized carbons (Fsp3) is 0.343. The number of benzene rings is 1. The molecule has 0 unspecified atom stereocenters. The van der Waals surface area contributed by atoms with Gasteiger partial charge in [-0.05, 0) is 72.7 Å². The number of aryl methyl sites for hydroxylation is 1. The number of pyridine rings is 2. The van der Waals surface area contributed by atoms with Crippen molar-refractivity contribution in [3.63, 3.8) is 0 Å². The molecule has 4 aromatic heterocycles. The molecule has 2 saturated heterocycles. The molecule has 2 aliphatic rings. The summed E-state index contributed by atoms with van der Waals surface area (Å²) in [6.45, 7) is 11.6. The van der Waals surface area contributed by atoms with Gasteiger partial charge in [-0.1, -0.05) is 12.1 Å². The minimum atomic E-state index is -0.224. The zero-order valence-electron chi connectivity index (χ0n) is 27.3. The van der Waals surface area contributed by atoms with Crippen LogP contribution in [-0.4, -0.2) is 107 Å². The zero-order valence-corrected chi connectivity index (χ0v) is 28.1.